The van der Waals surface area contributed by atoms with Gasteiger partial charge in [0.05, 0.1) is 17.9 Å². The Labute approximate surface area is 73.0 Å². The molecule has 0 aromatic rings. The van der Waals surface area contributed by atoms with Gasteiger partial charge in [0.25, 0.3) is 0 Å². The fraction of sp³-hybridized carbons (Fsp3) is 0.714. The van der Waals surface area contributed by atoms with Crippen LogP contribution in [-0.2, 0) is 10.0 Å². The first-order valence-electron chi connectivity index (χ1n) is 3.43. The predicted molar refractivity (Wildman–Crippen MR) is 46.9 cm³/mol. The first-order valence-corrected chi connectivity index (χ1v) is 5.08. The molecule has 0 aliphatic heterocycles. The SMILES string of the molecule is C#CC(C)(C)NS(=O)(=O)CCO. The van der Waals surface area contributed by atoms with Crippen molar-refractivity contribution in [2.75, 3.05) is 12.4 Å². The molecule has 0 rings (SSSR count). The van der Waals surface area contributed by atoms with E-state index in [0.29, 0.717) is 0 Å². The predicted octanol–water partition coefficient (Wildman–Crippen LogP) is -0.690. The molecule has 0 aromatic carbocycles. The second kappa shape index (κ2) is 3.90. The molecule has 0 aliphatic carbocycles. The number of aliphatic hydroxyl groups is 1. The molecule has 0 saturated carbocycles. The second-order valence-electron chi connectivity index (χ2n) is 2.91. The summed E-state index contributed by atoms with van der Waals surface area (Å²) in [6.07, 6.45) is 5.07. The molecule has 0 fully saturated rings. The molecular formula is C7H13NO3S. The van der Waals surface area contributed by atoms with Crippen LogP contribution >= 0.6 is 0 Å². The van der Waals surface area contributed by atoms with Crippen molar-refractivity contribution in [1.29, 1.82) is 0 Å². The van der Waals surface area contributed by atoms with E-state index in [4.69, 9.17) is 11.5 Å². The van der Waals surface area contributed by atoms with Gasteiger partial charge in [0.1, 0.15) is 0 Å². The lowest BCUT2D eigenvalue weighted by atomic mass is 10.1. The highest BCUT2D eigenvalue weighted by Crippen LogP contribution is 2.01. The van der Waals surface area contributed by atoms with Gasteiger partial charge in [-0.3, -0.25) is 0 Å². The monoisotopic (exact) mass is 191 g/mol. The van der Waals surface area contributed by atoms with Crippen LogP contribution in [0.4, 0.5) is 0 Å². The van der Waals surface area contributed by atoms with Crippen LogP contribution < -0.4 is 4.72 Å². The molecular weight excluding hydrogens is 178 g/mol. The van der Waals surface area contributed by atoms with E-state index in [1.54, 1.807) is 13.8 Å². The Balaban J connectivity index is 4.38. The van der Waals surface area contributed by atoms with Crippen molar-refractivity contribution in [3.05, 3.63) is 0 Å². The average Bonchev–Trinajstić information content (AvgIpc) is 1.85. The van der Waals surface area contributed by atoms with Crippen molar-refractivity contribution in [3.8, 4) is 12.3 Å². The molecule has 0 spiro atoms. The second-order valence-corrected chi connectivity index (χ2v) is 4.76. The summed E-state index contributed by atoms with van der Waals surface area (Å²) in [6.45, 7) is 2.74. The highest BCUT2D eigenvalue weighted by atomic mass is 32.2. The van der Waals surface area contributed by atoms with Crippen LogP contribution in [0.1, 0.15) is 13.8 Å². The summed E-state index contributed by atoms with van der Waals surface area (Å²) in [5.74, 6) is 1.96. The van der Waals surface area contributed by atoms with Crippen LogP contribution in [0.3, 0.4) is 0 Å². The maximum absolute atomic E-state index is 11.0. The summed E-state index contributed by atoms with van der Waals surface area (Å²) in [4.78, 5) is 0. The number of hydrogen-bond acceptors (Lipinski definition) is 3. The number of hydrogen-bond donors (Lipinski definition) is 2. The van der Waals surface area contributed by atoms with E-state index in [9.17, 15) is 8.42 Å². The standard InChI is InChI=1S/C7H13NO3S/c1-4-7(2,3)8-12(10,11)6-5-9/h1,8-9H,5-6H2,2-3H3. The third-order valence-electron chi connectivity index (χ3n) is 1.13. The van der Waals surface area contributed by atoms with Gasteiger partial charge in [-0.2, -0.15) is 4.72 Å². The van der Waals surface area contributed by atoms with Crippen LogP contribution in [0.25, 0.3) is 0 Å². The molecule has 0 amide bonds. The normalized spacial score (nSPS) is 12.5. The summed E-state index contributed by atoms with van der Waals surface area (Å²) in [5.41, 5.74) is -0.895. The Hall–Kier alpha value is -0.570. The smallest absolute Gasteiger partial charge is 0.215 e. The minimum absolute atomic E-state index is 0.321. The zero-order valence-corrected chi connectivity index (χ0v) is 7.98. The van der Waals surface area contributed by atoms with Gasteiger partial charge in [-0.1, -0.05) is 5.92 Å². The molecule has 0 aliphatic rings. The molecule has 0 unspecified atom stereocenters. The van der Waals surface area contributed by atoms with E-state index in [0.717, 1.165) is 0 Å². The lowest BCUT2D eigenvalue weighted by molar-refractivity contribution is 0.318. The van der Waals surface area contributed by atoms with Crippen LogP contribution in [0.5, 0.6) is 0 Å². The average molecular weight is 191 g/mol. The largest absolute Gasteiger partial charge is 0.395 e. The van der Waals surface area contributed by atoms with Crippen LogP contribution in [0, 0.1) is 12.3 Å². The number of sulfonamides is 1. The molecule has 12 heavy (non-hydrogen) atoms. The Bertz CT molecular complexity index is 274. The highest BCUT2D eigenvalue weighted by molar-refractivity contribution is 7.89. The quantitative estimate of drug-likeness (QED) is 0.578. The van der Waals surface area contributed by atoms with Crippen molar-refractivity contribution in [2.24, 2.45) is 0 Å². The number of rotatable bonds is 4. The fourth-order valence-corrected chi connectivity index (χ4v) is 1.77. The van der Waals surface area contributed by atoms with Crippen LogP contribution in [0.15, 0.2) is 0 Å². The number of nitrogens with one attached hydrogen (secondary N) is 1. The molecule has 2 N–H and O–H groups in total. The van der Waals surface area contributed by atoms with Gasteiger partial charge in [-0.05, 0) is 13.8 Å². The van der Waals surface area contributed by atoms with Gasteiger partial charge >= 0.3 is 0 Å². The summed E-state index contributed by atoms with van der Waals surface area (Å²) in [6, 6.07) is 0. The molecule has 4 nitrogen and oxygen atoms in total. The van der Waals surface area contributed by atoms with E-state index in [1.165, 1.54) is 0 Å². The lowest BCUT2D eigenvalue weighted by Crippen LogP contribution is -2.43. The Morgan fingerprint density at radius 2 is 2.08 bits per heavy atom. The zero-order chi connectivity index (χ0) is 9.83. The Morgan fingerprint density at radius 3 is 2.42 bits per heavy atom. The van der Waals surface area contributed by atoms with Crippen molar-refractivity contribution in [3.63, 3.8) is 0 Å². The molecule has 0 saturated heterocycles. The van der Waals surface area contributed by atoms with E-state index in [2.05, 4.69) is 10.6 Å². The van der Waals surface area contributed by atoms with E-state index < -0.39 is 22.2 Å². The Kier molecular flexibility index (Phi) is 3.71. The summed E-state index contributed by atoms with van der Waals surface area (Å²) < 4.78 is 24.3. The molecule has 0 bridgehead atoms. The first-order chi connectivity index (χ1) is 5.33. The maximum Gasteiger partial charge on any atom is 0.215 e. The van der Waals surface area contributed by atoms with Crippen LogP contribution in [0.2, 0.25) is 0 Å². The van der Waals surface area contributed by atoms with Gasteiger partial charge < -0.3 is 5.11 Å². The van der Waals surface area contributed by atoms with Gasteiger partial charge in [0.15, 0.2) is 0 Å². The van der Waals surface area contributed by atoms with Crippen molar-refractivity contribution in [1.82, 2.24) is 4.72 Å². The molecule has 0 heterocycles. The van der Waals surface area contributed by atoms with E-state index in [1.807, 2.05) is 0 Å². The van der Waals surface area contributed by atoms with Crippen molar-refractivity contribution < 1.29 is 13.5 Å². The first kappa shape index (κ1) is 11.4. The maximum atomic E-state index is 11.0. The minimum atomic E-state index is -3.44. The van der Waals surface area contributed by atoms with E-state index >= 15 is 0 Å². The molecule has 0 aromatic heterocycles. The number of terminal acetylenes is 1. The lowest BCUT2D eigenvalue weighted by Gasteiger charge is -2.18. The van der Waals surface area contributed by atoms with Crippen molar-refractivity contribution >= 4 is 10.0 Å². The van der Waals surface area contributed by atoms with Crippen molar-refractivity contribution in [2.45, 2.75) is 19.4 Å². The third-order valence-corrected chi connectivity index (χ3v) is 2.67. The van der Waals surface area contributed by atoms with Gasteiger partial charge in [0.2, 0.25) is 10.0 Å². The highest BCUT2D eigenvalue weighted by Gasteiger charge is 2.21. The third kappa shape index (κ3) is 4.34. The van der Waals surface area contributed by atoms with E-state index in [-0.39, 0.29) is 5.75 Å². The fourth-order valence-electron chi connectivity index (χ4n) is 0.589. The summed E-state index contributed by atoms with van der Waals surface area (Å²) >= 11 is 0. The molecule has 70 valence electrons. The minimum Gasteiger partial charge on any atom is -0.395 e. The summed E-state index contributed by atoms with van der Waals surface area (Å²) in [5, 5.41) is 8.40. The van der Waals surface area contributed by atoms with Gasteiger partial charge in [0, 0.05) is 0 Å². The number of aliphatic hydroxyl groups excluding tert-OH is 1. The zero-order valence-electron chi connectivity index (χ0n) is 7.16. The molecule has 5 heteroatoms. The van der Waals surface area contributed by atoms with Gasteiger partial charge in [-0.15, -0.1) is 6.42 Å². The summed E-state index contributed by atoms with van der Waals surface area (Å²) in [7, 11) is -3.44. The van der Waals surface area contributed by atoms with Gasteiger partial charge in [-0.25, -0.2) is 8.42 Å². The topological polar surface area (TPSA) is 66.4 Å². The van der Waals surface area contributed by atoms with Crippen LogP contribution in [-0.4, -0.2) is 31.4 Å². The Morgan fingerprint density at radius 1 is 1.58 bits per heavy atom. The molecule has 0 atom stereocenters. The molecule has 0 radical (unpaired) electrons.